The molecule has 2 N–H and O–H groups in total. The summed E-state index contributed by atoms with van der Waals surface area (Å²) in [5, 5.41) is 12.5. The molecule has 0 aliphatic carbocycles. The second kappa shape index (κ2) is 5.59. The van der Waals surface area contributed by atoms with Crippen LogP contribution in [0.25, 0.3) is 0 Å². The van der Waals surface area contributed by atoms with Crippen LogP contribution in [0.1, 0.15) is 24.0 Å². The highest BCUT2D eigenvalue weighted by molar-refractivity contribution is 7.89. The summed E-state index contributed by atoms with van der Waals surface area (Å²) in [6.45, 7) is 3.89. The highest BCUT2D eigenvalue weighted by atomic mass is 32.2. The van der Waals surface area contributed by atoms with E-state index in [0.717, 1.165) is 42.6 Å². The maximum atomic E-state index is 12.9. The van der Waals surface area contributed by atoms with Crippen LogP contribution in [-0.4, -0.2) is 44.1 Å². The molecule has 1 unspecified atom stereocenters. The van der Waals surface area contributed by atoms with Gasteiger partial charge in [-0.15, -0.1) is 0 Å². The molecule has 0 amide bonds. The average Bonchev–Trinajstić information content (AvgIpc) is 2.97. The monoisotopic (exact) mass is 310 g/mol. The number of aliphatic hydroxyl groups excluding tert-OH is 1. The summed E-state index contributed by atoms with van der Waals surface area (Å²) in [5.74, 6) is 0.0687. The van der Waals surface area contributed by atoms with E-state index in [9.17, 15) is 13.5 Å². The van der Waals surface area contributed by atoms with Gasteiger partial charge in [-0.05, 0) is 49.3 Å². The van der Waals surface area contributed by atoms with Crippen LogP contribution in [0, 0.1) is 12.8 Å². The van der Waals surface area contributed by atoms with E-state index in [-0.39, 0.29) is 12.5 Å². The number of hydrogen-bond donors (Lipinski definition) is 2. The van der Waals surface area contributed by atoms with E-state index in [1.165, 1.54) is 4.31 Å². The fourth-order valence-corrected chi connectivity index (χ4v) is 5.05. The number of rotatable bonds is 3. The minimum Gasteiger partial charge on any atom is -0.396 e. The van der Waals surface area contributed by atoms with Gasteiger partial charge in [0, 0.05) is 31.9 Å². The van der Waals surface area contributed by atoms with Crippen molar-refractivity contribution in [3.05, 3.63) is 23.3 Å². The van der Waals surface area contributed by atoms with Crippen LogP contribution in [0.15, 0.2) is 17.0 Å². The summed E-state index contributed by atoms with van der Waals surface area (Å²) in [5.41, 5.74) is 3.01. The second-order valence-electron chi connectivity index (χ2n) is 5.96. The molecule has 6 heteroatoms. The van der Waals surface area contributed by atoms with Gasteiger partial charge in [0.2, 0.25) is 10.0 Å². The van der Waals surface area contributed by atoms with Gasteiger partial charge in [-0.25, -0.2) is 8.42 Å². The number of aryl methyl sites for hydroxylation is 1. The van der Waals surface area contributed by atoms with Crippen molar-refractivity contribution in [3.63, 3.8) is 0 Å². The Bertz CT molecular complexity index is 643. The van der Waals surface area contributed by atoms with Crippen molar-refractivity contribution < 1.29 is 13.5 Å². The van der Waals surface area contributed by atoms with Crippen molar-refractivity contribution >= 4 is 15.7 Å². The molecular formula is C15H22N2O3S. The highest BCUT2D eigenvalue weighted by Gasteiger charge is 2.34. The van der Waals surface area contributed by atoms with Crippen LogP contribution >= 0.6 is 0 Å². The first-order chi connectivity index (χ1) is 10.0. The Morgan fingerprint density at radius 1 is 1.43 bits per heavy atom. The van der Waals surface area contributed by atoms with Gasteiger partial charge in [0.05, 0.1) is 4.90 Å². The largest absolute Gasteiger partial charge is 0.396 e. The smallest absolute Gasteiger partial charge is 0.243 e. The lowest BCUT2D eigenvalue weighted by atomic mass is 10.00. The van der Waals surface area contributed by atoms with Gasteiger partial charge >= 0.3 is 0 Å². The van der Waals surface area contributed by atoms with Crippen molar-refractivity contribution in [2.24, 2.45) is 5.92 Å². The lowest BCUT2D eigenvalue weighted by molar-refractivity contribution is 0.233. The van der Waals surface area contributed by atoms with Crippen LogP contribution in [0.3, 0.4) is 0 Å². The molecule has 1 atom stereocenters. The summed E-state index contributed by atoms with van der Waals surface area (Å²) >= 11 is 0. The highest BCUT2D eigenvalue weighted by Crippen LogP contribution is 2.34. The fourth-order valence-electron chi connectivity index (χ4n) is 3.26. The SMILES string of the molecule is Cc1ccc(S(=O)(=O)N2CCC(CO)C2)c2c1NCCC2. The molecule has 0 bridgehead atoms. The van der Waals surface area contributed by atoms with Gasteiger partial charge in [-0.3, -0.25) is 0 Å². The van der Waals surface area contributed by atoms with Crippen LogP contribution in [-0.2, 0) is 16.4 Å². The third-order valence-corrected chi connectivity index (χ3v) is 6.46. The number of nitrogens with one attached hydrogen (secondary N) is 1. The molecule has 5 nitrogen and oxygen atoms in total. The molecule has 3 rings (SSSR count). The van der Waals surface area contributed by atoms with E-state index in [4.69, 9.17) is 0 Å². The van der Waals surface area contributed by atoms with Crippen molar-refractivity contribution in [2.75, 3.05) is 31.6 Å². The zero-order valence-corrected chi connectivity index (χ0v) is 13.1. The molecule has 2 aliphatic rings. The third kappa shape index (κ3) is 2.56. The molecule has 2 aliphatic heterocycles. The molecule has 1 fully saturated rings. The average molecular weight is 310 g/mol. The van der Waals surface area contributed by atoms with E-state index in [0.29, 0.717) is 18.0 Å². The standard InChI is InChI=1S/C15H22N2O3S/c1-11-4-5-14(13-3-2-7-16-15(11)13)21(19,20)17-8-6-12(9-17)10-18/h4-5,12,16,18H,2-3,6-10H2,1H3. The van der Waals surface area contributed by atoms with Crippen LogP contribution in [0.2, 0.25) is 0 Å². The summed E-state index contributed by atoms with van der Waals surface area (Å²) in [6, 6.07) is 3.62. The van der Waals surface area contributed by atoms with Gasteiger partial charge in [-0.1, -0.05) is 6.07 Å². The Balaban J connectivity index is 2.00. The van der Waals surface area contributed by atoms with E-state index in [2.05, 4.69) is 5.32 Å². The molecule has 0 spiro atoms. The van der Waals surface area contributed by atoms with Crippen molar-refractivity contribution in [2.45, 2.75) is 31.1 Å². The first-order valence-electron chi connectivity index (χ1n) is 7.51. The lowest BCUT2D eigenvalue weighted by Gasteiger charge is -2.25. The molecular weight excluding hydrogens is 288 g/mol. The van der Waals surface area contributed by atoms with E-state index in [1.54, 1.807) is 6.07 Å². The van der Waals surface area contributed by atoms with E-state index >= 15 is 0 Å². The first-order valence-corrected chi connectivity index (χ1v) is 8.95. The number of sulfonamides is 1. The van der Waals surface area contributed by atoms with Crippen LogP contribution in [0.4, 0.5) is 5.69 Å². The van der Waals surface area contributed by atoms with Crippen LogP contribution < -0.4 is 5.32 Å². The Hall–Kier alpha value is -1.11. The fraction of sp³-hybridized carbons (Fsp3) is 0.600. The second-order valence-corrected chi connectivity index (χ2v) is 7.87. The molecule has 0 saturated carbocycles. The maximum absolute atomic E-state index is 12.9. The third-order valence-electron chi connectivity index (χ3n) is 4.51. The molecule has 2 heterocycles. The Labute approximate surface area is 126 Å². The van der Waals surface area contributed by atoms with Crippen molar-refractivity contribution in [1.82, 2.24) is 4.31 Å². The molecule has 116 valence electrons. The van der Waals surface area contributed by atoms with Gasteiger partial charge in [0.25, 0.3) is 0 Å². The van der Waals surface area contributed by atoms with E-state index < -0.39 is 10.0 Å². The van der Waals surface area contributed by atoms with Crippen molar-refractivity contribution in [3.8, 4) is 0 Å². The molecule has 0 aromatic heterocycles. The lowest BCUT2D eigenvalue weighted by Crippen LogP contribution is -2.31. The van der Waals surface area contributed by atoms with E-state index in [1.807, 2.05) is 13.0 Å². The first kappa shape index (κ1) is 14.8. The van der Waals surface area contributed by atoms with Gasteiger partial charge < -0.3 is 10.4 Å². The van der Waals surface area contributed by atoms with Gasteiger partial charge in [0.1, 0.15) is 0 Å². The molecule has 1 aromatic rings. The summed E-state index contributed by atoms with van der Waals surface area (Å²) in [4.78, 5) is 0.439. The zero-order valence-electron chi connectivity index (χ0n) is 12.3. The number of anilines is 1. The molecule has 1 aromatic carbocycles. The number of nitrogens with zero attached hydrogens (tertiary/aromatic N) is 1. The van der Waals surface area contributed by atoms with Crippen LogP contribution in [0.5, 0.6) is 0 Å². The predicted molar refractivity (Wildman–Crippen MR) is 81.9 cm³/mol. The predicted octanol–water partition coefficient (Wildman–Crippen LogP) is 1.36. The topological polar surface area (TPSA) is 69.6 Å². The van der Waals surface area contributed by atoms with Crippen molar-refractivity contribution in [1.29, 1.82) is 0 Å². The van der Waals surface area contributed by atoms with Gasteiger partial charge in [0.15, 0.2) is 0 Å². The Morgan fingerprint density at radius 3 is 2.95 bits per heavy atom. The zero-order chi connectivity index (χ0) is 15.0. The number of fused-ring (bicyclic) bond motifs is 1. The Kier molecular flexibility index (Phi) is 3.94. The summed E-state index contributed by atoms with van der Waals surface area (Å²) < 4.78 is 27.3. The minimum absolute atomic E-state index is 0.0551. The molecule has 21 heavy (non-hydrogen) atoms. The summed E-state index contributed by atoms with van der Waals surface area (Å²) in [7, 11) is -3.46. The maximum Gasteiger partial charge on any atom is 0.243 e. The normalized spacial score (nSPS) is 22.9. The number of aliphatic hydroxyl groups is 1. The number of hydrogen-bond acceptors (Lipinski definition) is 4. The molecule has 0 radical (unpaired) electrons. The Morgan fingerprint density at radius 2 is 2.24 bits per heavy atom. The number of benzene rings is 1. The quantitative estimate of drug-likeness (QED) is 0.884. The molecule has 1 saturated heterocycles. The summed E-state index contributed by atoms with van der Waals surface area (Å²) in [6.07, 6.45) is 2.50. The minimum atomic E-state index is -3.46. The van der Waals surface area contributed by atoms with Gasteiger partial charge in [-0.2, -0.15) is 4.31 Å².